The maximum absolute atomic E-state index is 12.5. The van der Waals surface area contributed by atoms with Gasteiger partial charge in [-0.1, -0.05) is 40.0 Å². The summed E-state index contributed by atoms with van der Waals surface area (Å²) in [5, 5.41) is 23.8. The van der Waals surface area contributed by atoms with Crippen LogP contribution in [-0.2, 0) is 14.3 Å². The highest BCUT2D eigenvalue weighted by atomic mass is 16.7. The second kappa shape index (κ2) is 13.1. The molecule has 2 aliphatic rings. The fourth-order valence-corrected chi connectivity index (χ4v) is 4.97. The van der Waals surface area contributed by atoms with Gasteiger partial charge >= 0.3 is 0 Å². The van der Waals surface area contributed by atoms with Gasteiger partial charge in [-0.25, -0.2) is 0 Å². The lowest BCUT2D eigenvalue weighted by Crippen LogP contribution is -2.61. The summed E-state index contributed by atoms with van der Waals surface area (Å²) in [4.78, 5) is 12.5. The highest BCUT2D eigenvalue weighted by Gasteiger charge is 2.42. The maximum atomic E-state index is 12.5. The first-order valence-corrected chi connectivity index (χ1v) is 12.5. The topological polar surface area (TPSA) is 114 Å². The first kappa shape index (κ1) is 26.5. The molecule has 7 heteroatoms. The van der Waals surface area contributed by atoms with Gasteiger partial charge in [0.15, 0.2) is 6.29 Å². The molecule has 2 aliphatic heterocycles. The molecule has 0 spiro atoms. The van der Waals surface area contributed by atoms with E-state index in [0.29, 0.717) is 18.4 Å². The van der Waals surface area contributed by atoms with Crippen LogP contribution in [0.3, 0.4) is 0 Å². The first-order chi connectivity index (χ1) is 14.8. The Morgan fingerprint density at radius 1 is 1.03 bits per heavy atom. The molecular formula is C24H46N2O5. The van der Waals surface area contributed by atoms with Crippen LogP contribution in [0.5, 0.6) is 0 Å². The van der Waals surface area contributed by atoms with Crippen LogP contribution >= 0.6 is 0 Å². The average Bonchev–Trinajstić information content (AvgIpc) is 2.75. The van der Waals surface area contributed by atoms with Crippen LogP contribution in [0.25, 0.3) is 0 Å². The predicted octanol–water partition coefficient (Wildman–Crippen LogP) is 2.71. The Hall–Kier alpha value is -0.730. The van der Waals surface area contributed by atoms with Crippen molar-refractivity contribution < 1.29 is 24.5 Å². The van der Waals surface area contributed by atoms with E-state index in [2.05, 4.69) is 26.1 Å². The number of rotatable bonds is 4. The number of nitrogens with two attached hydrogens (primary N) is 1. The average molecular weight is 443 g/mol. The normalized spacial score (nSPS) is 41.9. The van der Waals surface area contributed by atoms with Gasteiger partial charge in [0.05, 0.1) is 24.4 Å². The van der Waals surface area contributed by atoms with E-state index in [4.69, 9.17) is 15.2 Å². The standard InChI is InChI=1S/C24H46N2O5/c1-5-17-11-8-14-26-23(29)18(6-2)10-7-9-15(3)12-13-19(17)31-24-22(28)20(25)21(27)16(4)30-24/h15-22,24,27-28H,5-14,25H2,1-4H3,(H,26,29)/t15?,16-,17?,18?,19?,20+,21+,22+,24-/m0/s1. The third-order valence-corrected chi connectivity index (χ3v) is 7.36. The van der Waals surface area contributed by atoms with Crippen molar-refractivity contribution in [1.82, 2.24) is 5.32 Å². The van der Waals surface area contributed by atoms with Crippen LogP contribution in [0.1, 0.15) is 85.5 Å². The third kappa shape index (κ3) is 7.67. The van der Waals surface area contributed by atoms with Crippen LogP contribution in [0.2, 0.25) is 0 Å². The highest BCUT2D eigenvalue weighted by Crippen LogP contribution is 2.30. The molecule has 5 N–H and O–H groups in total. The van der Waals surface area contributed by atoms with Gasteiger partial charge in [0.25, 0.3) is 0 Å². The molecule has 7 nitrogen and oxygen atoms in total. The number of aliphatic hydroxyl groups excluding tert-OH is 2. The summed E-state index contributed by atoms with van der Waals surface area (Å²) in [6, 6.07) is -0.784. The summed E-state index contributed by atoms with van der Waals surface area (Å²) in [6.07, 6.45) is 5.43. The minimum Gasteiger partial charge on any atom is -0.389 e. The highest BCUT2D eigenvalue weighted by molar-refractivity contribution is 5.78. The Balaban J connectivity index is 2.07. The first-order valence-electron chi connectivity index (χ1n) is 12.5. The monoisotopic (exact) mass is 442 g/mol. The molecule has 9 atom stereocenters. The number of hydrogen-bond donors (Lipinski definition) is 4. The van der Waals surface area contributed by atoms with Crippen molar-refractivity contribution in [1.29, 1.82) is 0 Å². The van der Waals surface area contributed by atoms with E-state index in [9.17, 15) is 15.0 Å². The molecule has 2 rings (SSSR count). The van der Waals surface area contributed by atoms with Gasteiger partial charge in [0.1, 0.15) is 6.10 Å². The number of ether oxygens (including phenoxy) is 2. The van der Waals surface area contributed by atoms with Gasteiger partial charge in [0.2, 0.25) is 5.91 Å². The van der Waals surface area contributed by atoms with E-state index < -0.39 is 30.6 Å². The number of carbonyl (C=O) groups is 1. The summed E-state index contributed by atoms with van der Waals surface area (Å²) in [7, 11) is 0. The Morgan fingerprint density at radius 2 is 1.77 bits per heavy atom. The lowest BCUT2D eigenvalue weighted by atomic mass is 9.86. The zero-order chi connectivity index (χ0) is 23.0. The lowest BCUT2D eigenvalue weighted by molar-refractivity contribution is -0.286. The number of nitrogens with one attached hydrogen (secondary N) is 1. The van der Waals surface area contributed by atoms with Crippen molar-refractivity contribution in [3.8, 4) is 0 Å². The summed E-state index contributed by atoms with van der Waals surface area (Å²) in [6.45, 7) is 8.97. The molecule has 182 valence electrons. The van der Waals surface area contributed by atoms with E-state index in [-0.39, 0.29) is 17.9 Å². The number of aliphatic hydroxyl groups is 2. The fourth-order valence-electron chi connectivity index (χ4n) is 4.97. The summed E-state index contributed by atoms with van der Waals surface area (Å²) in [5.41, 5.74) is 6.00. The van der Waals surface area contributed by atoms with Crippen LogP contribution < -0.4 is 11.1 Å². The lowest BCUT2D eigenvalue weighted by Gasteiger charge is -2.42. The van der Waals surface area contributed by atoms with Gasteiger partial charge in [-0.15, -0.1) is 0 Å². The van der Waals surface area contributed by atoms with Gasteiger partial charge in [0, 0.05) is 12.5 Å². The zero-order valence-electron chi connectivity index (χ0n) is 20.0. The fraction of sp³-hybridized carbons (Fsp3) is 0.958. The molecule has 4 unspecified atom stereocenters. The van der Waals surface area contributed by atoms with Crippen molar-refractivity contribution >= 4 is 5.91 Å². The van der Waals surface area contributed by atoms with E-state index in [1.54, 1.807) is 6.92 Å². The molecule has 31 heavy (non-hydrogen) atoms. The second-order valence-electron chi connectivity index (χ2n) is 9.76. The van der Waals surface area contributed by atoms with Crippen LogP contribution in [0, 0.1) is 17.8 Å². The quantitative estimate of drug-likeness (QED) is 0.532. The van der Waals surface area contributed by atoms with Gasteiger partial charge in [-0.05, 0) is 57.3 Å². The Morgan fingerprint density at radius 3 is 2.45 bits per heavy atom. The molecule has 1 amide bonds. The van der Waals surface area contributed by atoms with E-state index >= 15 is 0 Å². The van der Waals surface area contributed by atoms with E-state index in [1.165, 1.54) is 0 Å². The van der Waals surface area contributed by atoms with Crippen molar-refractivity contribution in [3.63, 3.8) is 0 Å². The predicted molar refractivity (Wildman–Crippen MR) is 121 cm³/mol. The minimum atomic E-state index is -1.06. The molecular weight excluding hydrogens is 396 g/mol. The van der Waals surface area contributed by atoms with E-state index in [0.717, 1.165) is 57.8 Å². The summed E-state index contributed by atoms with van der Waals surface area (Å²) < 4.78 is 12.1. The largest absolute Gasteiger partial charge is 0.389 e. The molecule has 0 radical (unpaired) electrons. The zero-order valence-corrected chi connectivity index (χ0v) is 20.0. The van der Waals surface area contributed by atoms with Gasteiger partial charge in [-0.3, -0.25) is 4.79 Å². The number of carbonyl (C=O) groups excluding carboxylic acids is 1. The second-order valence-corrected chi connectivity index (χ2v) is 9.76. The molecule has 0 aliphatic carbocycles. The maximum Gasteiger partial charge on any atom is 0.223 e. The van der Waals surface area contributed by atoms with Crippen LogP contribution in [0.15, 0.2) is 0 Å². The van der Waals surface area contributed by atoms with Gasteiger partial charge < -0.3 is 30.7 Å². The molecule has 2 saturated heterocycles. The Labute approximate surface area is 188 Å². The van der Waals surface area contributed by atoms with Crippen molar-refractivity contribution in [2.24, 2.45) is 23.5 Å². The van der Waals surface area contributed by atoms with E-state index in [1.807, 2.05) is 0 Å². The molecule has 0 aromatic heterocycles. The number of hydrogen-bond acceptors (Lipinski definition) is 6. The molecule has 0 aromatic rings. The molecule has 2 heterocycles. The summed E-state index contributed by atoms with van der Waals surface area (Å²) >= 11 is 0. The molecule has 0 aromatic carbocycles. The van der Waals surface area contributed by atoms with Crippen LogP contribution in [-0.4, -0.2) is 59.4 Å². The summed E-state index contributed by atoms with van der Waals surface area (Å²) in [5.74, 6) is 1.17. The Kier molecular flexibility index (Phi) is 11.2. The molecule has 0 saturated carbocycles. The van der Waals surface area contributed by atoms with Crippen molar-refractivity contribution in [3.05, 3.63) is 0 Å². The SMILES string of the molecule is CCC1CCCC(C)CCC(O[C@@H]2O[C@@H](C)[C@@H](O)[C@@H](N)[C@H]2O)C(CC)CCCNC1=O. The van der Waals surface area contributed by atoms with Crippen molar-refractivity contribution in [2.75, 3.05) is 6.54 Å². The smallest absolute Gasteiger partial charge is 0.223 e. The Bertz CT molecular complexity index is 534. The molecule has 0 bridgehead atoms. The minimum absolute atomic E-state index is 0.0521. The van der Waals surface area contributed by atoms with Crippen molar-refractivity contribution in [2.45, 2.75) is 122 Å². The number of amides is 1. The van der Waals surface area contributed by atoms with Crippen LogP contribution in [0.4, 0.5) is 0 Å². The van der Waals surface area contributed by atoms with Gasteiger partial charge in [-0.2, -0.15) is 0 Å². The molecule has 2 fully saturated rings. The third-order valence-electron chi connectivity index (χ3n) is 7.36.